The lowest BCUT2D eigenvalue weighted by molar-refractivity contribution is -0.134. The summed E-state index contributed by atoms with van der Waals surface area (Å²) in [4.78, 5) is 0. The minimum absolute atomic E-state index is 0.155. The van der Waals surface area contributed by atoms with Gasteiger partial charge in [0.15, 0.2) is 6.29 Å². The Hall–Kier alpha value is -1.06. The molecule has 0 aliphatic heterocycles. The number of hydrogen-bond donors (Lipinski definition) is 0. The van der Waals surface area contributed by atoms with Gasteiger partial charge in [-0.25, -0.2) is 0 Å². The molecular weight excluding hydrogens is 216 g/mol. The van der Waals surface area contributed by atoms with Crippen molar-refractivity contribution in [3.05, 3.63) is 29.3 Å². The number of rotatable bonds is 7. The molecule has 0 bridgehead atoms. The average Bonchev–Trinajstić information content (AvgIpc) is 2.30. The Kier molecular flexibility index (Phi) is 6.01. The first-order valence-corrected chi connectivity index (χ1v) is 6.08. The van der Waals surface area contributed by atoms with Crippen molar-refractivity contribution in [2.45, 2.75) is 33.5 Å². The van der Waals surface area contributed by atoms with Crippen molar-refractivity contribution < 1.29 is 14.2 Å². The smallest absolute Gasteiger partial charge is 0.161 e. The third-order valence-electron chi connectivity index (χ3n) is 2.57. The molecule has 0 fully saturated rings. The van der Waals surface area contributed by atoms with Crippen LogP contribution >= 0.6 is 0 Å². The largest absolute Gasteiger partial charge is 0.496 e. The molecule has 0 amide bonds. The van der Waals surface area contributed by atoms with Crippen LogP contribution in [0.25, 0.3) is 0 Å². The molecule has 0 saturated heterocycles. The Morgan fingerprint density at radius 1 is 1.12 bits per heavy atom. The molecule has 3 heteroatoms. The fraction of sp³-hybridized carbons (Fsp3) is 0.571. The van der Waals surface area contributed by atoms with Gasteiger partial charge in [-0.1, -0.05) is 12.1 Å². The summed E-state index contributed by atoms with van der Waals surface area (Å²) in [6, 6.07) is 6.15. The summed E-state index contributed by atoms with van der Waals surface area (Å²) >= 11 is 0. The van der Waals surface area contributed by atoms with E-state index in [9.17, 15) is 0 Å². The standard InChI is InChI=1S/C14H22O3/c1-5-16-14(17-6-2)10-12-7-8-13(15-4)11(3)9-12/h7-9,14H,5-6,10H2,1-4H3. The molecule has 0 aromatic heterocycles. The van der Waals surface area contributed by atoms with Crippen LogP contribution < -0.4 is 4.74 Å². The van der Waals surface area contributed by atoms with Gasteiger partial charge in [0.05, 0.1) is 7.11 Å². The summed E-state index contributed by atoms with van der Waals surface area (Å²) in [5.74, 6) is 0.915. The molecule has 0 heterocycles. The third-order valence-corrected chi connectivity index (χ3v) is 2.57. The van der Waals surface area contributed by atoms with E-state index in [-0.39, 0.29) is 6.29 Å². The van der Waals surface area contributed by atoms with E-state index in [1.54, 1.807) is 7.11 Å². The molecule has 0 atom stereocenters. The normalized spacial score (nSPS) is 10.9. The number of benzene rings is 1. The zero-order valence-corrected chi connectivity index (χ0v) is 11.2. The summed E-state index contributed by atoms with van der Waals surface area (Å²) in [5.41, 5.74) is 2.34. The van der Waals surface area contributed by atoms with Crippen LogP contribution in [0.15, 0.2) is 18.2 Å². The van der Waals surface area contributed by atoms with Crippen molar-refractivity contribution in [3.63, 3.8) is 0 Å². The molecule has 96 valence electrons. The molecule has 0 aliphatic rings. The summed E-state index contributed by atoms with van der Waals surface area (Å²) < 4.78 is 16.3. The first-order valence-electron chi connectivity index (χ1n) is 6.08. The van der Waals surface area contributed by atoms with Gasteiger partial charge in [0, 0.05) is 19.6 Å². The lowest BCUT2D eigenvalue weighted by atomic mass is 10.1. The molecule has 0 aliphatic carbocycles. The lowest BCUT2D eigenvalue weighted by Gasteiger charge is -2.17. The second-order valence-electron chi connectivity index (χ2n) is 3.85. The first-order chi connectivity index (χ1) is 8.21. The molecule has 1 aromatic carbocycles. The van der Waals surface area contributed by atoms with Gasteiger partial charge in [-0.2, -0.15) is 0 Å². The Labute approximate surface area is 104 Å². The highest BCUT2D eigenvalue weighted by molar-refractivity contribution is 5.36. The summed E-state index contributed by atoms with van der Waals surface area (Å²) in [6.07, 6.45) is 0.616. The minimum Gasteiger partial charge on any atom is -0.496 e. The van der Waals surface area contributed by atoms with Gasteiger partial charge in [-0.15, -0.1) is 0 Å². The van der Waals surface area contributed by atoms with Crippen molar-refractivity contribution in [2.24, 2.45) is 0 Å². The molecule has 0 saturated carbocycles. The Balaban J connectivity index is 2.68. The second kappa shape index (κ2) is 7.30. The van der Waals surface area contributed by atoms with Gasteiger partial charge in [0.1, 0.15) is 5.75 Å². The van der Waals surface area contributed by atoms with Crippen LogP contribution in [-0.4, -0.2) is 26.6 Å². The number of aryl methyl sites for hydroxylation is 1. The number of hydrogen-bond acceptors (Lipinski definition) is 3. The zero-order chi connectivity index (χ0) is 12.7. The fourth-order valence-electron chi connectivity index (χ4n) is 1.80. The van der Waals surface area contributed by atoms with E-state index in [1.165, 1.54) is 5.56 Å². The predicted octanol–water partition coefficient (Wildman–Crippen LogP) is 2.95. The van der Waals surface area contributed by atoms with Gasteiger partial charge >= 0.3 is 0 Å². The van der Waals surface area contributed by atoms with Crippen LogP contribution in [0.2, 0.25) is 0 Å². The fourth-order valence-corrected chi connectivity index (χ4v) is 1.80. The monoisotopic (exact) mass is 238 g/mol. The predicted molar refractivity (Wildman–Crippen MR) is 68.5 cm³/mol. The Morgan fingerprint density at radius 2 is 1.76 bits per heavy atom. The molecule has 17 heavy (non-hydrogen) atoms. The lowest BCUT2D eigenvalue weighted by Crippen LogP contribution is -2.20. The quantitative estimate of drug-likeness (QED) is 0.684. The highest BCUT2D eigenvalue weighted by Gasteiger charge is 2.10. The van der Waals surface area contributed by atoms with Crippen LogP contribution in [0.3, 0.4) is 0 Å². The molecule has 0 unspecified atom stereocenters. The maximum absolute atomic E-state index is 5.53. The van der Waals surface area contributed by atoms with Crippen LogP contribution in [0, 0.1) is 6.92 Å². The van der Waals surface area contributed by atoms with Crippen LogP contribution in [-0.2, 0) is 15.9 Å². The van der Waals surface area contributed by atoms with Crippen LogP contribution in [0.1, 0.15) is 25.0 Å². The van der Waals surface area contributed by atoms with Gasteiger partial charge in [0.25, 0.3) is 0 Å². The van der Waals surface area contributed by atoms with Crippen molar-refractivity contribution >= 4 is 0 Å². The van der Waals surface area contributed by atoms with E-state index in [1.807, 2.05) is 26.8 Å². The Bertz CT molecular complexity index is 330. The summed E-state index contributed by atoms with van der Waals surface area (Å²) in [6.45, 7) is 7.33. The maximum atomic E-state index is 5.53. The van der Waals surface area contributed by atoms with E-state index in [4.69, 9.17) is 14.2 Å². The average molecular weight is 238 g/mol. The molecule has 0 radical (unpaired) electrons. The highest BCUT2D eigenvalue weighted by atomic mass is 16.7. The van der Waals surface area contributed by atoms with E-state index in [2.05, 4.69) is 12.1 Å². The molecule has 3 nitrogen and oxygen atoms in total. The van der Waals surface area contributed by atoms with E-state index < -0.39 is 0 Å². The summed E-state index contributed by atoms with van der Waals surface area (Å²) in [5, 5.41) is 0. The summed E-state index contributed by atoms with van der Waals surface area (Å²) in [7, 11) is 1.69. The third kappa shape index (κ3) is 4.36. The van der Waals surface area contributed by atoms with Crippen molar-refractivity contribution in [2.75, 3.05) is 20.3 Å². The van der Waals surface area contributed by atoms with Crippen LogP contribution in [0.5, 0.6) is 5.75 Å². The van der Waals surface area contributed by atoms with E-state index >= 15 is 0 Å². The van der Waals surface area contributed by atoms with Crippen molar-refractivity contribution in [1.29, 1.82) is 0 Å². The Morgan fingerprint density at radius 3 is 2.24 bits per heavy atom. The molecular formula is C14H22O3. The number of ether oxygens (including phenoxy) is 3. The SMILES string of the molecule is CCOC(Cc1ccc(OC)c(C)c1)OCC. The van der Waals surface area contributed by atoms with Crippen molar-refractivity contribution in [1.82, 2.24) is 0 Å². The molecule has 0 N–H and O–H groups in total. The van der Waals surface area contributed by atoms with Gasteiger partial charge in [0.2, 0.25) is 0 Å². The number of methoxy groups -OCH3 is 1. The van der Waals surface area contributed by atoms with Gasteiger partial charge in [-0.3, -0.25) is 0 Å². The van der Waals surface area contributed by atoms with Gasteiger partial charge < -0.3 is 14.2 Å². The zero-order valence-electron chi connectivity index (χ0n) is 11.2. The second-order valence-corrected chi connectivity index (χ2v) is 3.85. The highest BCUT2D eigenvalue weighted by Crippen LogP contribution is 2.19. The topological polar surface area (TPSA) is 27.7 Å². The van der Waals surface area contributed by atoms with E-state index in [0.29, 0.717) is 13.2 Å². The maximum Gasteiger partial charge on any atom is 0.161 e. The molecule has 1 aromatic rings. The molecule has 1 rings (SSSR count). The molecule has 0 spiro atoms. The van der Waals surface area contributed by atoms with Gasteiger partial charge in [-0.05, 0) is 38.0 Å². The van der Waals surface area contributed by atoms with E-state index in [0.717, 1.165) is 17.7 Å². The van der Waals surface area contributed by atoms with Crippen LogP contribution in [0.4, 0.5) is 0 Å². The van der Waals surface area contributed by atoms with Crippen molar-refractivity contribution in [3.8, 4) is 5.75 Å². The minimum atomic E-state index is -0.155. The first kappa shape index (κ1) is 14.0.